The van der Waals surface area contributed by atoms with Gasteiger partial charge >= 0.3 is 5.97 Å². The number of nitrogens with zero attached hydrogens (tertiary/aromatic N) is 5. The fourth-order valence-corrected chi connectivity index (χ4v) is 3.43. The second-order valence-electron chi connectivity index (χ2n) is 6.69. The van der Waals surface area contributed by atoms with Gasteiger partial charge in [0.25, 0.3) is 17.5 Å². The number of aryl methyl sites for hydroxylation is 2. The molecule has 2 aromatic heterocycles. The molecule has 134 valence electrons. The van der Waals surface area contributed by atoms with Crippen LogP contribution in [0.2, 0.25) is 0 Å². The molecule has 0 radical (unpaired) electrons. The molecule has 2 atom stereocenters. The molecule has 1 fully saturated rings. The number of carbonyl (C=O) groups excluding carboxylic acids is 2. The highest BCUT2D eigenvalue weighted by molar-refractivity contribution is 5.88. The first-order valence-electron chi connectivity index (χ1n) is 8.56. The third kappa shape index (κ3) is 3.47. The van der Waals surface area contributed by atoms with Crippen LogP contribution in [0.5, 0.6) is 0 Å². The topological polar surface area (TPSA) is 89.7 Å². The van der Waals surface area contributed by atoms with Gasteiger partial charge in [0.1, 0.15) is 0 Å². The minimum absolute atomic E-state index is 0.0891. The van der Waals surface area contributed by atoms with Gasteiger partial charge < -0.3 is 9.64 Å². The van der Waals surface area contributed by atoms with E-state index in [1.54, 1.807) is 0 Å². The van der Waals surface area contributed by atoms with Crippen LogP contribution in [-0.4, -0.2) is 55.0 Å². The van der Waals surface area contributed by atoms with Gasteiger partial charge in [0.15, 0.2) is 6.61 Å². The number of fused-ring (bicyclic) bond motifs is 1. The summed E-state index contributed by atoms with van der Waals surface area (Å²) in [6.45, 7) is 7.45. The van der Waals surface area contributed by atoms with Crippen LogP contribution in [0.15, 0.2) is 6.07 Å². The lowest BCUT2D eigenvalue weighted by Crippen LogP contribution is -2.49. The van der Waals surface area contributed by atoms with Crippen LogP contribution in [0.4, 0.5) is 0 Å². The molecule has 0 aliphatic carbocycles. The van der Waals surface area contributed by atoms with Crippen LogP contribution < -0.4 is 0 Å². The molecule has 1 saturated heterocycles. The molecule has 1 aliphatic rings. The quantitative estimate of drug-likeness (QED) is 0.786. The Hall–Kier alpha value is -2.51. The predicted octanol–water partition coefficient (Wildman–Crippen LogP) is 1.69. The number of aromatic nitrogens is 4. The van der Waals surface area contributed by atoms with E-state index in [4.69, 9.17) is 4.74 Å². The standard InChI is InChI=1S/C17H23N5O3/c1-10-8-13(4)22-17(18-10)19-15(20-22)16(24)25-9-14(23)21-11(2)6-5-7-12(21)3/h8,11-12H,5-7,9H2,1-4H3/t11-,12-/m1/s1. The molecule has 25 heavy (non-hydrogen) atoms. The molecule has 8 nitrogen and oxygen atoms in total. The lowest BCUT2D eigenvalue weighted by Gasteiger charge is -2.38. The van der Waals surface area contributed by atoms with Crippen molar-refractivity contribution in [3.8, 4) is 0 Å². The summed E-state index contributed by atoms with van der Waals surface area (Å²) in [5.41, 5.74) is 1.61. The minimum Gasteiger partial charge on any atom is -0.450 e. The average Bonchev–Trinajstić information content (AvgIpc) is 2.96. The molecule has 0 spiro atoms. The second-order valence-corrected chi connectivity index (χ2v) is 6.69. The number of hydrogen-bond donors (Lipinski definition) is 0. The van der Waals surface area contributed by atoms with Crippen molar-refractivity contribution < 1.29 is 14.3 Å². The van der Waals surface area contributed by atoms with Crippen molar-refractivity contribution >= 4 is 17.7 Å². The predicted molar refractivity (Wildman–Crippen MR) is 90.2 cm³/mol. The van der Waals surface area contributed by atoms with Gasteiger partial charge in [-0.15, -0.1) is 5.10 Å². The Bertz CT molecular complexity index is 806. The van der Waals surface area contributed by atoms with E-state index < -0.39 is 5.97 Å². The Balaban J connectivity index is 1.68. The molecule has 1 amide bonds. The molecule has 1 aliphatic heterocycles. The van der Waals surface area contributed by atoms with Crippen LogP contribution in [0, 0.1) is 13.8 Å². The van der Waals surface area contributed by atoms with Gasteiger partial charge in [0.2, 0.25) is 0 Å². The van der Waals surface area contributed by atoms with E-state index in [9.17, 15) is 9.59 Å². The molecule has 0 bridgehead atoms. The van der Waals surface area contributed by atoms with Crippen LogP contribution >= 0.6 is 0 Å². The van der Waals surface area contributed by atoms with Crippen molar-refractivity contribution in [3.63, 3.8) is 0 Å². The Morgan fingerprint density at radius 2 is 1.88 bits per heavy atom. The maximum atomic E-state index is 12.4. The van der Waals surface area contributed by atoms with Gasteiger partial charge in [0, 0.05) is 23.5 Å². The highest BCUT2D eigenvalue weighted by Crippen LogP contribution is 2.22. The molecule has 0 N–H and O–H groups in total. The van der Waals surface area contributed by atoms with Crippen molar-refractivity contribution in [1.82, 2.24) is 24.5 Å². The summed E-state index contributed by atoms with van der Waals surface area (Å²) >= 11 is 0. The Labute approximate surface area is 146 Å². The summed E-state index contributed by atoms with van der Waals surface area (Å²) in [6, 6.07) is 2.18. The van der Waals surface area contributed by atoms with Crippen molar-refractivity contribution in [2.45, 2.75) is 59.0 Å². The van der Waals surface area contributed by atoms with E-state index in [2.05, 4.69) is 15.1 Å². The Kier molecular flexibility index (Phi) is 4.69. The highest BCUT2D eigenvalue weighted by Gasteiger charge is 2.29. The first-order chi connectivity index (χ1) is 11.9. The van der Waals surface area contributed by atoms with Gasteiger partial charge in [0.05, 0.1) is 0 Å². The van der Waals surface area contributed by atoms with Crippen molar-refractivity contribution in [1.29, 1.82) is 0 Å². The maximum Gasteiger partial charge on any atom is 0.378 e. The van der Waals surface area contributed by atoms with E-state index in [0.717, 1.165) is 30.7 Å². The van der Waals surface area contributed by atoms with E-state index in [1.165, 1.54) is 4.52 Å². The number of likely N-dealkylation sites (tertiary alicyclic amines) is 1. The summed E-state index contributed by atoms with van der Waals surface area (Å²) in [5, 5.41) is 4.12. The van der Waals surface area contributed by atoms with E-state index in [-0.39, 0.29) is 30.4 Å². The minimum atomic E-state index is -0.715. The molecule has 0 saturated carbocycles. The summed E-state index contributed by atoms with van der Waals surface area (Å²) in [6.07, 6.45) is 3.06. The first kappa shape index (κ1) is 17.3. The van der Waals surface area contributed by atoms with Gasteiger partial charge in [-0.25, -0.2) is 14.3 Å². The summed E-state index contributed by atoms with van der Waals surface area (Å²) in [7, 11) is 0. The lowest BCUT2D eigenvalue weighted by molar-refractivity contribution is -0.140. The van der Waals surface area contributed by atoms with Crippen LogP contribution in [0.1, 0.15) is 55.1 Å². The van der Waals surface area contributed by atoms with Crippen LogP contribution in [0.25, 0.3) is 5.78 Å². The fraction of sp³-hybridized carbons (Fsp3) is 0.588. The second kappa shape index (κ2) is 6.78. The number of piperidine rings is 1. The number of rotatable bonds is 3. The third-order valence-corrected chi connectivity index (χ3v) is 4.61. The molecule has 8 heteroatoms. The Morgan fingerprint density at radius 1 is 1.20 bits per heavy atom. The molecule has 2 aromatic rings. The van der Waals surface area contributed by atoms with Crippen molar-refractivity contribution in [2.75, 3.05) is 6.61 Å². The van der Waals surface area contributed by atoms with E-state index in [0.29, 0.717) is 5.78 Å². The van der Waals surface area contributed by atoms with Crippen LogP contribution in [0.3, 0.4) is 0 Å². The van der Waals surface area contributed by atoms with Crippen LogP contribution in [-0.2, 0) is 9.53 Å². The average molecular weight is 345 g/mol. The normalized spacial score (nSPS) is 20.7. The van der Waals surface area contributed by atoms with Gasteiger partial charge in [-0.1, -0.05) is 0 Å². The largest absolute Gasteiger partial charge is 0.450 e. The summed E-state index contributed by atoms with van der Waals surface area (Å²) < 4.78 is 6.63. The zero-order valence-electron chi connectivity index (χ0n) is 15.0. The summed E-state index contributed by atoms with van der Waals surface area (Å²) in [5.74, 6) is -0.641. The monoisotopic (exact) mass is 345 g/mol. The first-order valence-corrected chi connectivity index (χ1v) is 8.56. The molecular formula is C17H23N5O3. The number of amides is 1. The number of ether oxygens (including phenoxy) is 1. The highest BCUT2D eigenvalue weighted by atomic mass is 16.5. The zero-order chi connectivity index (χ0) is 18.1. The molecule has 0 aromatic carbocycles. The van der Waals surface area contributed by atoms with E-state index in [1.807, 2.05) is 38.7 Å². The van der Waals surface area contributed by atoms with Gasteiger partial charge in [-0.3, -0.25) is 4.79 Å². The Morgan fingerprint density at radius 3 is 2.56 bits per heavy atom. The molecular weight excluding hydrogens is 322 g/mol. The smallest absolute Gasteiger partial charge is 0.378 e. The third-order valence-electron chi connectivity index (χ3n) is 4.61. The maximum absolute atomic E-state index is 12.4. The number of hydrogen-bond acceptors (Lipinski definition) is 6. The summed E-state index contributed by atoms with van der Waals surface area (Å²) in [4.78, 5) is 34.8. The SMILES string of the molecule is Cc1cc(C)n2nc(C(=O)OCC(=O)N3[C@H](C)CCC[C@H]3C)nc2n1. The van der Waals surface area contributed by atoms with E-state index >= 15 is 0 Å². The fourth-order valence-electron chi connectivity index (χ4n) is 3.43. The van der Waals surface area contributed by atoms with Gasteiger partial charge in [-0.05, 0) is 53.0 Å². The van der Waals surface area contributed by atoms with Gasteiger partial charge in [-0.2, -0.15) is 4.98 Å². The van der Waals surface area contributed by atoms with Crippen molar-refractivity contribution in [2.24, 2.45) is 0 Å². The zero-order valence-corrected chi connectivity index (χ0v) is 15.0. The van der Waals surface area contributed by atoms with Crippen molar-refractivity contribution in [3.05, 3.63) is 23.3 Å². The molecule has 0 unspecified atom stereocenters. The lowest BCUT2D eigenvalue weighted by atomic mass is 9.97. The molecule has 3 heterocycles. The molecule has 3 rings (SSSR count). The number of carbonyl (C=O) groups is 2. The number of esters is 1.